The van der Waals surface area contributed by atoms with Gasteiger partial charge < -0.3 is 14.8 Å². The van der Waals surface area contributed by atoms with Crippen molar-refractivity contribution in [3.63, 3.8) is 0 Å². The molecule has 1 N–H and O–H groups in total. The van der Waals surface area contributed by atoms with Crippen LogP contribution in [0.25, 0.3) is 0 Å². The second-order valence-electron chi connectivity index (χ2n) is 6.71. The second kappa shape index (κ2) is 7.70. The topological polar surface area (TPSA) is 33.7 Å². The molecule has 0 bridgehead atoms. The van der Waals surface area contributed by atoms with Gasteiger partial charge in [-0.1, -0.05) is 18.2 Å². The maximum atomic E-state index is 13.4. The first-order valence-electron chi connectivity index (χ1n) is 8.94. The lowest BCUT2D eigenvalue weighted by atomic mass is 9.95. The van der Waals surface area contributed by atoms with Crippen LogP contribution < -0.4 is 10.1 Å². The molecule has 0 amide bonds. The van der Waals surface area contributed by atoms with E-state index < -0.39 is 11.6 Å². The Morgan fingerprint density at radius 1 is 1.08 bits per heavy atom. The normalized spacial score (nSPS) is 23.3. The molecule has 2 aliphatic rings. The van der Waals surface area contributed by atoms with Gasteiger partial charge in [0.15, 0.2) is 0 Å². The zero-order valence-electron chi connectivity index (χ0n) is 14.5. The fourth-order valence-electron chi connectivity index (χ4n) is 3.75. The fraction of sp³-hybridized carbons (Fsp3) is 0.400. The lowest BCUT2D eigenvalue weighted by Crippen LogP contribution is -2.51. The molecule has 0 radical (unpaired) electrons. The summed E-state index contributed by atoms with van der Waals surface area (Å²) in [4.78, 5) is 2.40. The van der Waals surface area contributed by atoms with Crippen molar-refractivity contribution in [3.05, 3.63) is 65.2 Å². The zero-order chi connectivity index (χ0) is 17.9. The van der Waals surface area contributed by atoms with E-state index in [-0.39, 0.29) is 18.8 Å². The van der Waals surface area contributed by atoms with Crippen LogP contribution in [0.2, 0.25) is 0 Å². The first kappa shape index (κ1) is 17.4. The molecule has 2 unspecified atom stereocenters. The van der Waals surface area contributed by atoms with Crippen LogP contribution in [0.3, 0.4) is 0 Å². The molecule has 0 saturated carbocycles. The molecule has 0 spiro atoms. The summed E-state index contributed by atoms with van der Waals surface area (Å²) in [5.74, 6) is -0.298. The minimum absolute atomic E-state index is 0.0699. The van der Waals surface area contributed by atoms with Crippen molar-refractivity contribution in [2.75, 3.05) is 32.8 Å². The van der Waals surface area contributed by atoms with Crippen molar-refractivity contribution in [1.82, 2.24) is 10.2 Å². The van der Waals surface area contributed by atoms with Gasteiger partial charge in [0.25, 0.3) is 0 Å². The number of rotatable bonds is 4. The highest BCUT2D eigenvalue weighted by molar-refractivity contribution is 5.38. The maximum Gasteiger partial charge on any atom is 0.126 e. The monoisotopic (exact) mass is 360 g/mol. The molecule has 6 heteroatoms. The quantitative estimate of drug-likeness (QED) is 0.909. The van der Waals surface area contributed by atoms with E-state index in [9.17, 15) is 8.78 Å². The first-order valence-corrected chi connectivity index (χ1v) is 8.94. The molecule has 1 saturated heterocycles. The van der Waals surface area contributed by atoms with Crippen molar-refractivity contribution in [2.45, 2.75) is 18.8 Å². The van der Waals surface area contributed by atoms with E-state index >= 15 is 0 Å². The van der Waals surface area contributed by atoms with Gasteiger partial charge in [-0.2, -0.15) is 0 Å². The van der Waals surface area contributed by atoms with Crippen LogP contribution in [0.5, 0.6) is 5.75 Å². The number of piperazine rings is 1. The summed E-state index contributed by atoms with van der Waals surface area (Å²) in [5, 5.41) is 3.37. The lowest BCUT2D eigenvalue weighted by Gasteiger charge is -2.42. The molecule has 4 rings (SSSR count). The van der Waals surface area contributed by atoms with Crippen LogP contribution in [0.15, 0.2) is 42.5 Å². The number of hydrogen-bond acceptors (Lipinski definition) is 4. The summed E-state index contributed by atoms with van der Waals surface area (Å²) in [5.41, 5.74) is 1.59. The molecule has 0 aromatic heterocycles. The number of halogens is 2. The van der Waals surface area contributed by atoms with Crippen LogP contribution in [0.1, 0.15) is 17.2 Å². The average Bonchev–Trinajstić information content (AvgIpc) is 2.66. The van der Waals surface area contributed by atoms with Gasteiger partial charge in [0, 0.05) is 37.8 Å². The standard InChI is InChI=1S/C20H22F2N2O2/c21-15-9-14(10-16(22)11-15)12-25-19-13-26-18-4-2-1-3-17(18)20(19)24-7-5-23-6-8-24/h1-4,9-11,19-20,23H,5-8,12-13H2. The Labute approximate surface area is 151 Å². The van der Waals surface area contributed by atoms with Gasteiger partial charge in [-0.15, -0.1) is 0 Å². The molecule has 4 nitrogen and oxygen atoms in total. The summed E-state index contributed by atoms with van der Waals surface area (Å²) in [6.45, 7) is 4.28. The van der Waals surface area contributed by atoms with Gasteiger partial charge in [-0.3, -0.25) is 4.90 Å². The highest BCUT2D eigenvalue weighted by atomic mass is 19.1. The number of para-hydroxylation sites is 1. The minimum atomic E-state index is -0.590. The molecular formula is C20H22F2N2O2. The number of hydrogen-bond donors (Lipinski definition) is 1. The van der Waals surface area contributed by atoms with E-state index in [1.807, 2.05) is 18.2 Å². The molecule has 2 aliphatic heterocycles. The van der Waals surface area contributed by atoms with E-state index in [0.717, 1.165) is 43.6 Å². The van der Waals surface area contributed by atoms with E-state index in [2.05, 4.69) is 16.3 Å². The second-order valence-corrected chi connectivity index (χ2v) is 6.71. The van der Waals surface area contributed by atoms with E-state index in [1.54, 1.807) is 0 Å². The van der Waals surface area contributed by atoms with Gasteiger partial charge in [0.1, 0.15) is 30.1 Å². The Morgan fingerprint density at radius 3 is 2.58 bits per heavy atom. The van der Waals surface area contributed by atoms with Crippen LogP contribution in [-0.4, -0.2) is 43.8 Å². The van der Waals surface area contributed by atoms with Crippen LogP contribution >= 0.6 is 0 Å². The predicted octanol–water partition coefficient (Wildman–Crippen LogP) is 2.89. The third kappa shape index (κ3) is 3.72. The molecule has 2 aromatic carbocycles. The fourth-order valence-corrected chi connectivity index (χ4v) is 3.75. The summed E-state index contributed by atoms with van der Waals surface area (Å²) in [6.07, 6.45) is -0.200. The van der Waals surface area contributed by atoms with Gasteiger partial charge in [0.2, 0.25) is 0 Å². The number of nitrogens with one attached hydrogen (secondary N) is 1. The van der Waals surface area contributed by atoms with Crippen molar-refractivity contribution in [3.8, 4) is 5.75 Å². The molecule has 2 atom stereocenters. The molecule has 2 aromatic rings. The van der Waals surface area contributed by atoms with Crippen LogP contribution in [0, 0.1) is 11.6 Å². The molecule has 2 heterocycles. The Bertz CT molecular complexity index is 745. The minimum Gasteiger partial charge on any atom is -0.490 e. The Balaban J connectivity index is 1.55. The maximum absolute atomic E-state index is 13.4. The largest absolute Gasteiger partial charge is 0.490 e. The molecule has 138 valence electrons. The van der Waals surface area contributed by atoms with Gasteiger partial charge in [0.05, 0.1) is 12.6 Å². The van der Waals surface area contributed by atoms with Gasteiger partial charge in [-0.05, 0) is 23.8 Å². The Kier molecular flexibility index (Phi) is 5.15. The van der Waals surface area contributed by atoms with Crippen LogP contribution in [-0.2, 0) is 11.3 Å². The van der Waals surface area contributed by atoms with Gasteiger partial charge in [-0.25, -0.2) is 8.78 Å². The number of ether oxygens (including phenoxy) is 2. The van der Waals surface area contributed by atoms with Crippen LogP contribution in [0.4, 0.5) is 8.78 Å². The highest BCUT2D eigenvalue weighted by Crippen LogP contribution is 2.37. The lowest BCUT2D eigenvalue weighted by molar-refractivity contribution is -0.0618. The summed E-state index contributed by atoms with van der Waals surface area (Å²) >= 11 is 0. The molecule has 26 heavy (non-hydrogen) atoms. The summed E-state index contributed by atoms with van der Waals surface area (Å²) in [7, 11) is 0. The van der Waals surface area contributed by atoms with Crippen molar-refractivity contribution in [1.29, 1.82) is 0 Å². The highest BCUT2D eigenvalue weighted by Gasteiger charge is 2.36. The number of nitrogens with zero attached hydrogens (tertiary/aromatic N) is 1. The summed E-state index contributed by atoms with van der Waals surface area (Å²) < 4.78 is 38.8. The van der Waals surface area contributed by atoms with E-state index in [1.165, 1.54) is 12.1 Å². The first-order chi connectivity index (χ1) is 12.7. The van der Waals surface area contributed by atoms with Crippen molar-refractivity contribution >= 4 is 0 Å². The average molecular weight is 360 g/mol. The van der Waals surface area contributed by atoms with Gasteiger partial charge >= 0.3 is 0 Å². The number of fused-ring (bicyclic) bond motifs is 1. The van der Waals surface area contributed by atoms with E-state index in [4.69, 9.17) is 9.47 Å². The van der Waals surface area contributed by atoms with Crippen molar-refractivity contribution in [2.24, 2.45) is 0 Å². The SMILES string of the molecule is Fc1cc(F)cc(COC2COc3ccccc3C2N2CCNCC2)c1. The number of benzene rings is 2. The Morgan fingerprint density at radius 2 is 1.81 bits per heavy atom. The predicted molar refractivity (Wildman–Crippen MR) is 94.1 cm³/mol. The smallest absolute Gasteiger partial charge is 0.126 e. The third-order valence-corrected chi connectivity index (χ3v) is 4.92. The van der Waals surface area contributed by atoms with Crippen molar-refractivity contribution < 1.29 is 18.3 Å². The van der Waals surface area contributed by atoms with E-state index in [0.29, 0.717) is 12.2 Å². The molecule has 0 aliphatic carbocycles. The molecular weight excluding hydrogens is 338 g/mol. The zero-order valence-corrected chi connectivity index (χ0v) is 14.5. The third-order valence-electron chi connectivity index (χ3n) is 4.92. The summed E-state index contributed by atoms with van der Waals surface area (Å²) in [6, 6.07) is 11.6. The Hall–Kier alpha value is -2.02. The molecule has 1 fully saturated rings.